The van der Waals surface area contributed by atoms with E-state index < -0.39 is 0 Å². The van der Waals surface area contributed by atoms with E-state index >= 15 is 0 Å². The van der Waals surface area contributed by atoms with Crippen LogP contribution in [0.5, 0.6) is 0 Å². The lowest BCUT2D eigenvalue weighted by Gasteiger charge is -2.21. The first-order valence-corrected chi connectivity index (χ1v) is 5.73. The van der Waals surface area contributed by atoms with Crippen molar-refractivity contribution in [3.8, 4) is 6.07 Å². The summed E-state index contributed by atoms with van der Waals surface area (Å²) in [7, 11) is 0. The Bertz CT molecular complexity index is 248. The molecule has 14 heavy (non-hydrogen) atoms. The maximum atomic E-state index is 9.05. The minimum absolute atomic E-state index is 0.309. The smallest absolute Gasteiger partial charge is 0.0672 e. The van der Waals surface area contributed by atoms with E-state index in [1.54, 1.807) is 0 Å². The molecule has 0 bridgehead atoms. The summed E-state index contributed by atoms with van der Waals surface area (Å²) in [4.78, 5) is 2.48. The highest BCUT2D eigenvalue weighted by molar-refractivity contribution is 4.97. The fourth-order valence-corrected chi connectivity index (χ4v) is 2.45. The molecule has 0 aromatic heterocycles. The van der Waals surface area contributed by atoms with Gasteiger partial charge in [-0.2, -0.15) is 5.26 Å². The predicted octanol–water partition coefficient (Wildman–Crippen LogP) is 2.27. The molecular formula is C12H20N2. The highest BCUT2D eigenvalue weighted by Crippen LogP contribution is 2.38. The Hall–Kier alpha value is -0.550. The van der Waals surface area contributed by atoms with Gasteiger partial charge in [0.1, 0.15) is 0 Å². The Kier molecular flexibility index (Phi) is 2.53. The summed E-state index contributed by atoms with van der Waals surface area (Å²) in [6, 6.07) is 2.48. The van der Waals surface area contributed by atoms with Gasteiger partial charge in [-0.05, 0) is 37.1 Å². The van der Waals surface area contributed by atoms with Crippen molar-refractivity contribution in [2.24, 2.45) is 17.3 Å². The number of hydrogen-bond acceptors (Lipinski definition) is 2. The molecule has 0 radical (unpaired) electrons. The highest BCUT2D eigenvalue weighted by atomic mass is 15.2. The Morgan fingerprint density at radius 1 is 1.50 bits per heavy atom. The van der Waals surface area contributed by atoms with E-state index in [1.165, 1.54) is 32.4 Å². The third-order valence-electron chi connectivity index (χ3n) is 3.57. The number of rotatable bonds is 3. The average Bonchev–Trinajstić information content (AvgIpc) is 2.88. The minimum atomic E-state index is 0.309. The van der Waals surface area contributed by atoms with E-state index in [0.717, 1.165) is 12.5 Å². The first kappa shape index (κ1) is 9.98. The summed E-state index contributed by atoms with van der Waals surface area (Å²) >= 11 is 0. The van der Waals surface area contributed by atoms with Gasteiger partial charge in [-0.3, -0.25) is 0 Å². The van der Waals surface area contributed by atoms with Crippen LogP contribution in [0.1, 0.15) is 33.1 Å². The molecule has 1 saturated heterocycles. The summed E-state index contributed by atoms with van der Waals surface area (Å²) in [5.41, 5.74) is 0.476. The van der Waals surface area contributed by atoms with Crippen molar-refractivity contribution in [2.45, 2.75) is 33.1 Å². The minimum Gasteiger partial charge on any atom is -0.301 e. The molecule has 1 saturated carbocycles. The largest absolute Gasteiger partial charge is 0.301 e. The maximum absolute atomic E-state index is 9.05. The lowest BCUT2D eigenvalue weighted by atomic mass is 9.93. The van der Waals surface area contributed by atoms with Crippen LogP contribution >= 0.6 is 0 Å². The second kappa shape index (κ2) is 3.55. The zero-order chi connectivity index (χ0) is 10.2. The molecule has 2 fully saturated rings. The van der Waals surface area contributed by atoms with Gasteiger partial charge in [0.05, 0.1) is 12.0 Å². The summed E-state index contributed by atoms with van der Waals surface area (Å²) in [5, 5.41) is 9.05. The second-order valence-corrected chi connectivity index (χ2v) is 5.72. The lowest BCUT2D eigenvalue weighted by molar-refractivity contribution is 0.260. The Balaban J connectivity index is 1.83. The molecule has 1 heterocycles. The monoisotopic (exact) mass is 192 g/mol. The number of likely N-dealkylation sites (tertiary alicyclic amines) is 1. The molecule has 2 aliphatic rings. The topological polar surface area (TPSA) is 27.0 Å². The first-order chi connectivity index (χ1) is 6.61. The first-order valence-electron chi connectivity index (χ1n) is 5.73. The molecule has 0 aromatic rings. The van der Waals surface area contributed by atoms with Gasteiger partial charge >= 0.3 is 0 Å². The van der Waals surface area contributed by atoms with Gasteiger partial charge in [0.2, 0.25) is 0 Å². The lowest BCUT2D eigenvalue weighted by Crippen LogP contribution is -2.29. The molecule has 0 N–H and O–H groups in total. The van der Waals surface area contributed by atoms with Gasteiger partial charge in [-0.1, -0.05) is 13.8 Å². The molecular weight excluding hydrogens is 172 g/mol. The van der Waals surface area contributed by atoms with Crippen LogP contribution in [0.15, 0.2) is 0 Å². The molecule has 1 unspecified atom stereocenters. The van der Waals surface area contributed by atoms with Crippen molar-refractivity contribution in [1.29, 1.82) is 5.26 Å². The second-order valence-electron chi connectivity index (χ2n) is 5.72. The molecule has 0 aromatic carbocycles. The van der Waals surface area contributed by atoms with Crippen LogP contribution in [0.25, 0.3) is 0 Å². The summed E-state index contributed by atoms with van der Waals surface area (Å²) < 4.78 is 0. The van der Waals surface area contributed by atoms with E-state index in [-0.39, 0.29) is 0 Å². The standard InChI is InChI=1S/C12H20N2/c1-12(2)5-6-14(9-12)8-11(7-13)10-3-4-10/h10-11H,3-6,8-9H2,1-2H3. The van der Waals surface area contributed by atoms with Crippen LogP contribution in [-0.4, -0.2) is 24.5 Å². The third-order valence-corrected chi connectivity index (χ3v) is 3.57. The molecule has 1 aliphatic carbocycles. The maximum Gasteiger partial charge on any atom is 0.0672 e. The van der Waals surface area contributed by atoms with Crippen molar-refractivity contribution in [3.63, 3.8) is 0 Å². The normalized spacial score (nSPS) is 28.6. The molecule has 1 aliphatic heterocycles. The Morgan fingerprint density at radius 2 is 2.21 bits per heavy atom. The van der Waals surface area contributed by atoms with Crippen molar-refractivity contribution >= 4 is 0 Å². The summed E-state index contributed by atoms with van der Waals surface area (Å²) in [6.07, 6.45) is 3.86. The van der Waals surface area contributed by atoms with E-state index in [1.807, 2.05) is 0 Å². The fourth-order valence-electron chi connectivity index (χ4n) is 2.45. The van der Waals surface area contributed by atoms with Crippen molar-refractivity contribution in [2.75, 3.05) is 19.6 Å². The van der Waals surface area contributed by atoms with Gasteiger partial charge in [-0.15, -0.1) is 0 Å². The SMILES string of the molecule is CC1(C)CCN(CC(C#N)C2CC2)C1. The number of hydrogen-bond donors (Lipinski definition) is 0. The zero-order valence-corrected chi connectivity index (χ0v) is 9.29. The summed E-state index contributed by atoms with van der Waals surface area (Å²) in [6.45, 7) is 8.04. The molecule has 0 amide bonds. The molecule has 2 rings (SSSR count). The van der Waals surface area contributed by atoms with Gasteiger partial charge in [-0.25, -0.2) is 0 Å². The van der Waals surface area contributed by atoms with E-state index in [9.17, 15) is 0 Å². The van der Waals surface area contributed by atoms with Crippen LogP contribution in [0.3, 0.4) is 0 Å². The van der Waals surface area contributed by atoms with Crippen LogP contribution in [0, 0.1) is 28.6 Å². The van der Waals surface area contributed by atoms with Crippen LogP contribution in [0.4, 0.5) is 0 Å². The number of nitrogens with zero attached hydrogens (tertiary/aromatic N) is 2. The van der Waals surface area contributed by atoms with Crippen LogP contribution < -0.4 is 0 Å². The molecule has 2 nitrogen and oxygen atoms in total. The molecule has 0 spiro atoms. The van der Waals surface area contributed by atoms with Gasteiger partial charge in [0, 0.05) is 13.1 Å². The quantitative estimate of drug-likeness (QED) is 0.686. The average molecular weight is 192 g/mol. The number of nitriles is 1. The Morgan fingerprint density at radius 3 is 2.64 bits per heavy atom. The predicted molar refractivity (Wildman–Crippen MR) is 56.7 cm³/mol. The van der Waals surface area contributed by atoms with Crippen LogP contribution in [0.2, 0.25) is 0 Å². The van der Waals surface area contributed by atoms with E-state index in [0.29, 0.717) is 11.3 Å². The van der Waals surface area contributed by atoms with E-state index in [4.69, 9.17) is 5.26 Å². The van der Waals surface area contributed by atoms with E-state index in [2.05, 4.69) is 24.8 Å². The van der Waals surface area contributed by atoms with Crippen molar-refractivity contribution < 1.29 is 0 Å². The van der Waals surface area contributed by atoms with Gasteiger partial charge in [0.15, 0.2) is 0 Å². The van der Waals surface area contributed by atoms with Crippen molar-refractivity contribution in [3.05, 3.63) is 0 Å². The molecule has 2 heteroatoms. The Labute approximate surface area is 86.9 Å². The third kappa shape index (κ3) is 2.27. The molecule has 1 atom stereocenters. The van der Waals surface area contributed by atoms with Gasteiger partial charge < -0.3 is 4.90 Å². The fraction of sp³-hybridized carbons (Fsp3) is 0.917. The van der Waals surface area contributed by atoms with Gasteiger partial charge in [0.25, 0.3) is 0 Å². The molecule has 78 valence electrons. The van der Waals surface area contributed by atoms with Crippen LogP contribution in [-0.2, 0) is 0 Å². The summed E-state index contributed by atoms with van der Waals surface area (Å²) in [5.74, 6) is 1.03. The highest BCUT2D eigenvalue weighted by Gasteiger charge is 2.35. The van der Waals surface area contributed by atoms with Crippen molar-refractivity contribution in [1.82, 2.24) is 4.90 Å². The zero-order valence-electron chi connectivity index (χ0n) is 9.29.